The van der Waals surface area contributed by atoms with Crippen LogP contribution in [-0.2, 0) is 0 Å². The lowest BCUT2D eigenvalue weighted by molar-refractivity contribution is 0.414. The van der Waals surface area contributed by atoms with Crippen molar-refractivity contribution in [2.24, 2.45) is 0 Å². The molecule has 4 aromatic rings. The first kappa shape index (κ1) is 19.9. The third kappa shape index (κ3) is 3.73. The number of aryl methyl sites for hydroxylation is 3. The summed E-state index contributed by atoms with van der Waals surface area (Å²) in [5.74, 6) is 1.64. The molecule has 0 bridgehead atoms. The number of fused-ring (bicyclic) bond motifs is 1. The van der Waals surface area contributed by atoms with Crippen LogP contribution in [0.25, 0.3) is 22.0 Å². The minimum absolute atomic E-state index is 0.0855. The normalized spacial score (nSPS) is 12.0. The van der Waals surface area contributed by atoms with E-state index in [0.29, 0.717) is 0 Å². The highest BCUT2D eigenvalue weighted by atomic mass is 16.5. The Morgan fingerprint density at radius 3 is 2.10 bits per heavy atom. The van der Waals surface area contributed by atoms with Crippen molar-refractivity contribution in [3.63, 3.8) is 0 Å². The summed E-state index contributed by atoms with van der Waals surface area (Å²) in [7, 11) is 1.68. The number of ether oxygens (including phenoxy) is 1. The summed E-state index contributed by atoms with van der Waals surface area (Å²) in [5.41, 5.74) is 6.97. The van der Waals surface area contributed by atoms with E-state index in [1.165, 1.54) is 22.3 Å². The van der Waals surface area contributed by atoms with Gasteiger partial charge in [0, 0.05) is 16.3 Å². The van der Waals surface area contributed by atoms with Crippen LogP contribution in [0.3, 0.4) is 0 Å². The number of anilines is 1. The molecule has 1 atom stereocenters. The lowest BCUT2D eigenvalue weighted by Crippen LogP contribution is -2.09. The van der Waals surface area contributed by atoms with Crippen LogP contribution in [0, 0.1) is 20.8 Å². The van der Waals surface area contributed by atoms with Crippen LogP contribution in [0.2, 0.25) is 0 Å². The Morgan fingerprint density at radius 1 is 0.833 bits per heavy atom. The largest absolute Gasteiger partial charge is 0.497 e. The van der Waals surface area contributed by atoms with E-state index in [4.69, 9.17) is 4.74 Å². The third-order valence-electron chi connectivity index (χ3n) is 5.57. The maximum atomic E-state index is 5.26. The van der Waals surface area contributed by atoms with Crippen molar-refractivity contribution in [1.29, 1.82) is 0 Å². The van der Waals surface area contributed by atoms with Gasteiger partial charge in [0.05, 0.1) is 13.2 Å². The molecule has 1 aromatic heterocycles. The van der Waals surface area contributed by atoms with E-state index in [-0.39, 0.29) is 6.04 Å². The molecule has 30 heavy (non-hydrogen) atoms. The number of hydrogen-bond donors (Lipinski definition) is 1. The fraction of sp³-hybridized carbons (Fsp3) is 0.231. The summed E-state index contributed by atoms with van der Waals surface area (Å²) < 4.78 is 5.26. The second-order valence-corrected chi connectivity index (χ2v) is 7.86. The molecule has 0 aliphatic carbocycles. The molecule has 4 nitrogen and oxygen atoms in total. The van der Waals surface area contributed by atoms with E-state index < -0.39 is 0 Å². The molecular formula is C26H27N3O. The van der Waals surface area contributed by atoms with Gasteiger partial charge in [0.1, 0.15) is 11.4 Å². The SMILES string of the molecule is COc1ccc([C@H](C)Nc2nnc(-c3c(C)cc(C)cc3C)c3ccccc23)cc1. The van der Waals surface area contributed by atoms with Gasteiger partial charge in [-0.1, -0.05) is 54.1 Å². The van der Waals surface area contributed by atoms with Gasteiger partial charge in [-0.3, -0.25) is 0 Å². The van der Waals surface area contributed by atoms with E-state index in [1.54, 1.807) is 7.11 Å². The summed E-state index contributed by atoms with van der Waals surface area (Å²) in [4.78, 5) is 0. The molecular weight excluding hydrogens is 370 g/mol. The molecule has 0 fully saturated rings. The molecule has 0 amide bonds. The van der Waals surface area contributed by atoms with E-state index in [9.17, 15) is 0 Å². The van der Waals surface area contributed by atoms with E-state index in [2.05, 4.69) is 85.7 Å². The molecule has 1 heterocycles. The highest BCUT2D eigenvalue weighted by Gasteiger charge is 2.16. The average Bonchev–Trinajstić information content (AvgIpc) is 2.74. The van der Waals surface area contributed by atoms with Crippen molar-refractivity contribution < 1.29 is 4.74 Å². The number of benzene rings is 3. The zero-order chi connectivity index (χ0) is 21.3. The Morgan fingerprint density at radius 2 is 1.47 bits per heavy atom. The van der Waals surface area contributed by atoms with Gasteiger partial charge < -0.3 is 10.1 Å². The molecule has 0 aliphatic rings. The molecule has 1 N–H and O–H groups in total. The number of rotatable bonds is 5. The van der Waals surface area contributed by atoms with Gasteiger partial charge in [-0.05, 0) is 56.5 Å². The van der Waals surface area contributed by atoms with Gasteiger partial charge in [-0.15, -0.1) is 10.2 Å². The maximum absolute atomic E-state index is 5.26. The van der Waals surface area contributed by atoms with Crippen LogP contribution in [0.1, 0.15) is 35.2 Å². The molecule has 0 aliphatic heterocycles. The first-order valence-electron chi connectivity index (χ1n) is 10.2. The van der Waals surface area contributed by atoms with Crippen molar-refractivity contribution in [3.05, 3.63) is 82.9 Å². The van der Waals surface area contributed by atoms with Crippen LogP contribution in [-0.4, -0.2) is 17.3 Å². The Hall–Kier alpha value is -3.40. The zero-order valence-corrected chi connectivity index (χ0v) is 18.2. The number of aromatic nitrogens is 2. The smallest absolute Gasteiger partial charge is 0.157 e. The second kappa shape index (κ2) is 8.15. The number of nitrogens with zero attached hydrogens (tertiary/aromatic N) is 2. The van der Waals surface area contributed by atoms with Gasteiger partial charge in [0.25, 0.3) is 0 Å². The zero-order valence-electron chi connectivity index (χ0n) is 18.2. The predicted octanol–water partition coefficient (Wildman–Crippen LogP) is 6.40. The molecule has 0 unspecified atom stereocenters. The standard InChI is InChI=1S/C26H27N3O/c1-16-14-17(2)24(18(3)15-16)25-22-8-6-7-9-23(22)26(29-28-25)27-19(4)20-10-12-21(30-5)13-11-20/h6-15,19H,1-5H3,(H,27,29)/t19-/m0/s1. The summed E-state index contributed by atoms with van der Waals surface area (Å²) in [6, 6.07) is 20.9. The van der Waals surface area contributed by atoms with Crippen molar-refractivity contribution >= 4 is 16.6 Å². The molecule has 0 saturated carbocycles. The second-order valence-electron chi connectivity index (χ2n) is 7.86. The fourth-order valence-corrected chi connectivity index (χ4v) is 4.13. The maximum Gasteiger partial charge on any atom is 0.157 e. The number of methoxy groups -OCH3 is 1. The molecule has 152 valence electrons. The van der Waals surface area contributed by atoms with Crippen LogP contribution in [0.15, 0.2) is 60.7 Å². The van der Waals surface area contributed by atoms with Gasteiger partial charge in [0.15, 0.2) is 5.82 Å². The highest BCUT2D eigenvalue weighted by molar-refractivity contribution is 6.01. The summed E-state index contributed by atoms with van der Waals surface area (Å²) in [6.07, 6.45) is 0. The van der Waals surface area contributed by atoms with Gasteiger partial charge in [-0.25, -0.2) is 0 Å². The van der Waals surface area contributed by atoms with Crippen molar-refractivity contribution in [3.8, 4) is 17.0 Å². The summed E-state index contributed by atoms with van der Waals surface area (Å²) >= 11 is 0. The van der Waals surface area contributed by atoms with Crippen molar-refractivity contribution in [1.82, 2.24) is 10.2 Å². The van der Waals surface area contributed by atoms with Crippen molar-refractivity contribution in [2.75, 3.05) is 12.4 Å². The lowest BCUT2D eigenvalue weighted by Gasteiger charge is -2.18. The fourth-order valence-electron chi connectivity index (χ4n) is 4.13. The number of nitrogens with one attached hydrogen (secondary N) is 1. The average molecular weight is 398 g/mol. The Kier molecular flexibility index (Phi) is 5.40. The highest BCUT2D eigenvalue weighted by Crippen LogP contribution is 2.35. The van der Waals surface area contributed by atoms with Gasteiger partial charge in [-0.2, -0.15) is 0 Å². The first-order valence-corrected chi connectivity index (χ1v) is 10.2. The monoisotopic (exact) mass is 397 g/mol. The topological polar surface area (TPSA) is 47.0 Å². The molecule has 4 heteroatoms. The van der Waals surface area contributed by atoms with E-state index >= 15 is 0 Å². The quantitative estimate of drug-likeness (QED) is 0.423. The Balaban J connectivity index is 1.76. The lowest BCUT2D eigenvalue weighted by atomic mass is 9.94. The third-order valence-corrected chi connectivity index (χ3v) is 5.57. The van der Waals surface area contributed by atoms with Gasteiger partial charge >= 0.3 is 0 Å². The molecule has 0 spiro atoms. The summed E-state index contributed by atoms with van der Waals surface area (Å²) in [6.45, 7) is 8.54. The summed E-state index contributed by atoms with van der Waals surface area (Å²) in [5, 5.41) is 15.0. The molecule has 0 saturated heterocycles. The first-order chi connectivity index (χ1) is 14.5. The van der Waals surface area contributed by atoms with Crippen LogP contribution in [0.5, 0.6) is 5.75 Å². The Labute approximate surface area is 177 Å². The van der Waals surface area contributed by atoms with Gasteiger partial charge in [0.2, 0.25) is 0 Å². The molecule has 4 rings (SSSR count). The number of hydrogen-bond acceptors (Lipinski definition) is 4. The van der Waals surface area contributed by atoms with Crippen LogP contribution < -0.4 is 10.1 Å². The van der Waals surface area contributed by atoms with E-state index in [1.807, 2.05) is 18.2 Å². The van der Waals surface area contributed by atoms with Crippen molar-refractivity contribution in [2.45, 2.75) is 33.7 Å². The van der Waals surface area contributed by atoms with E-state index in [0.717, 1.165) is 33.6 Å². The van der Waals surface area contributed by atoms with Crippen LogP contribution >= 0.6 is 0 Å². The molecule has 3 aromatic carbocycles. The minimum atomic E-state index is 0.0855. The molecule has 0 radical (unpaired) electrons. The Bertz CT molecular complexity index is 1180. The van der Waals surface area contributed by atoms with Crippen LogP contribution in [0.4, 0.5) is 5.82 Å². The predicted molar refractivity (Wildman–Crippen MR) is 124 cm³/mol. The minimum Gasteiger partial charge on any atom is -0.497 e.